The van der Waals surface area contributed by atoms with Crippen LogP contribution >= 0.6 is 23.2 Å². The summed E-state index contributed by atoms with van der Waals surface area (Å²) in [5, 5.41) is 1.42. The molecule has 0 amide bonds. The molecule has 0 aliphatic carbocycles. The zero-order valence-corrected chi connectivity index (χ0v) is 11.7. The molecule has 0 bridgehead atoms. The van der Waals surface area contributed by atoms with Crippen molar-refractivity contribution in [1.82, 2.24) is 0 Å². The van der Waals surface area contributed by atoms with Gasteiger partial charge in [-0.1, -0.05) is 41.4 Å². The molecule has 2 nitrogen and oxygen atoms in total. The third-order valence-electron chi connectivity index (χ3n) is 2.81. The summed E-state index contributed by atoms with van der Waals surface area (Å²) in [6.45, 7) is 3.96. The molecule has 18 heavy (non-hydrogen) atoms. The van der Waals surface area contributed by atoms with Gasteiger partial charge in [0.1, 0.15) is 0 Å². The van der Waals surface area contributed by atoms with E-state index >= 15 is 0 Å². The summed E-state index contributed by atoms with van der Waals surface area (Å²) >= 11 is 12.2. The summed E-state index contributed by atoms with van der Waals surface area (Å²) in [6.07, 6.45) is 0. The van der Waals surface area contributed by atoms with Crippen LogP contribution in [0.15, 0.2) is 36.4 Å². The van der Waals surface area contributed by atoms with Crippen molar-refractivity contribution >= 4 is 34.6 Å². The van der Waals surface area contributed by atoms with Gasteiger partial charge in [0.15, 0.2) is 0 Å². The van der Waals surface area contributed by atoms with Crippen molar-refractivity contribution in [3.63, 3.8) is 0 Å². The molecule has 0 spiro atoms. The number of hydrazine groups is 1. The summed E-state index contributed by atoms with van der Waals surface area (Å²) in [5.41, 5.74) is 10.1. The van der Waals surface area contributed by atoms with Gasteiger partial charge >= 0.3 is 0 Å². The maximum atomic E-state index is 6.14. The molecule has 0 aliphatic rings. The summed E-state index contributed by atoms with van der Waals surface area (Å²) in [4.78, 5) is 0. The molecular weight excluding hydrogens is 267 g/mol. The van der Waals surface area contributed by atoms with Gasteiger partial charge in [-0.05, 0) is 43.2 Å². The molecule has 94 valence electrons. The fourth-order valence-corrected chi connectivity index (χ4v) is 2.11. The fourth-order valence-electron chi connectivity index (χ4n) is 1.66. The van der Waals surface area contributed by atoms with E-state index in [0.29, 0.717) is 5.02 Å². The largest absolute Gasteiger partial charge is 0.301 e. The van der Waals surface area contributed by atoms with Crippen LogP contribution in [-0.2, 0) is 0 Å². The Bertz CT molecular complexity index is 547. The Hall–Kier alpha value is -1.38. The molecule has 0 aromatic heterocycles. The number of halogens is 2. The van der Waals surface area contributed by atoms with Gasteiger partial charge in [0, 0.05) is 5.02 Å². The van der Waals surface area contributed by atoms with Crippen LogP contribution in [-0.4, -0.2) is 0 Å². The highest BCUT2D eigenvalue weighted by molar-refractivity contribution is 6.33. The number of hydrogen-bond acceptors (Lipinski definition) is 2. The van der Waals surface area contributed by atoms with Gasteiger partial charge in [-0.3, -0.25) is 5.43 Å². The van der Waals surface area contributed by atoms with E-state index in [-0.39, 0.29) is 0 Å². The lowest BCUT2D eigenvalue weighted by molar-refractivity contribution is 1.33. The third kappa shape index (κ3) is 2.71. The lowest BCUT2D eigenvalue weighted by Crippen LogP contribution is -2.11. The topological polar surface area (TPSA) is 24.1 Å². The Morgan fingerprint density at radius 2 is 1.50 bits per heavy atom. The molecular formula is C14H14Cl2N2. The molecule has 0 saturated carbocycles. The number of para-hydroxylation sites is 1. The Labute approximate surface area is 117 Å². The first-order valence-corrected chi connectivity index (χ1v) is 6.37. The summed E-state index contributed by atoms with van der Waals surface area (Å²) in [5.74, 6) is 0. The van der Waals surface area contributed by atoms with Gasteiger partial charge in [0.2, 0.25) is 0 Å². The minimum atomic E-state index is 0.683. The maximum absolute atomic E-state index is 6.14. The number of aryl methyl sites for hydroxylation is 1. The second-order valence-electron chi connectivity index (χ2n) is 4.09. The Balaban J connectivity index is 2.19. The van der Waals surface area contributed by atoms with Gasteiger partial charge in [-0.2, -0.15) is 0 Å². The van der Waals surface area contributed by atoms with Crippen molar-refractivity contribution in [2.45, 2.75) is 13.8 Å². The normalized spacial score (nSPS) is 10.2. The second kappa shape index (κ2) is 5.51. The number of rotatable bonds is 3. The van der Waals surface area contributed by atoms with Crippen molar-refractivity contribution < 1.29 is 0 Å². The van der Waals surface area contributed by atoms with E-state index in [1.54, 1.807) is 0 Å². The van der Waals surface area contributed by atoms with Gasteiger partial charge in [-0.15, -0.1) is 0 Å². The van der Waals surface area contributed by atoms with E-state index in [9.17, 15) is 0 Å². The Morgan fingerprint density at radius 3 is 2.22 bits per heavy atom. The van der Waals surface area contributed by atoms with E-state index in [4.69, 9.17) is 23.2 Å². The molecule has 0 atom stereocenters. The average Bonchev–Trinajstić information content (AvgIpc) is 2.33. The number of hydrogen-bond donors (Lipinski definition) is 2. The standard InChI is InChI=1S/C14H14Cl2N2/c1-9-5-3-7-12(16)14(9)18-17-13-8-4-6-11(15)10(13)2/h3-8,17-18H,1-2H3. The predicted molar refractivity (Wildman–Crippen MR) is 79.6 cm³/mol. The van der Waals surface area contributed by atoms with Crippen molar-refractivity contribution in [1.29, 1.82) is 0 Å². The van der Waals surface area contributed by atoms with E-state index in [2.05, 4.69) is 10.9 Å². The van der Waals surface area contributed by atoms with Gasteiger partial charge in [0.25, 0.3) is 0 Å². The highest BCUT2D eigenvalue weighted by atomic mass is 35.5. The summed E-state index contributed by atoms with van der Waals surface area (Å²) < 4.78 is 0. The molecule has 0 fully saturated rings. The molecule has 0 saturated heterocycles. The molecule has 0 radical (unpaired) electrons. The van der Waals surface area contributed by atoms with Gasteiger partial charge in [-0.25, -0.2) is 0 Å². The monoisotopic (exact) mass is 280 g/mol. The quantitative estimate of drug-likeness (QED) is 0.769. The van der Waals surface area contributed by atoms with E-state index < -0.39 is 0 Å². The third-order valence-corrected chi connectivity index (χ3v) is 3.54. The van der Waals surface area contributed by atoms with Gasteiger partial charge in [0.05, 0.1) is 16.4 Å². The van der Waals surface area contributed by atoms with Crippen LogP contribution in [0.1, 0.15) is 11.1 Å². The van der Waals surface area contributed by atoms with Crippen molar-refractivity contribution in [2.75, 3.05) is 10.9 Å². The lowest BCUT2D eigenvalue weighted by atomic mass is 10.2. The minimum absolute atomic E-state index is 0.683. The van der Waals surface area contributed by atoms with Crippen LogP contribution in [0.3, 0.4) is 0 Å². The summed E-state index contributed by atoms with van der Waals surface area (Å²) in [6, 6.07) is 11.5. The average molecular weight is 281 g/mol. The van der Waals surface area contributed by atoms with Gasteiger partial charge < -0.3 is 5.43 Å². The Kier molecular flexibility index (Phi) is 4.00. The molecule has 2 N–H and O–H groups in total. The molecule has 2 aromatic carbocycles. The number of anilines is 2. The molecule has 0 heterocycles. The SMILES string of the molecule is Cc1cccc(Cl)c1NNc1cccc(Cl)c1C. The first-order valence-electron chi connectivity index (χ1n) is 5.62. The van der Waals surface area contributed by atoms with Crippen LogP contribution in [0.2, 0.25) is 10.0 Å². The van der Waals surface area contributed by atoms with Crippen LogP contribution in [0.25, 0.3) is 0 Å². The molecule has 2 aromatic rings. The van der Waals surface area contributed by atoms with Crippen LogP contribution in [0, 0.1) is 13.8 Å². The second-order valence-corrected chi connectivity index (χ2v) is 4.91. The maximum Gasteiger partial charge on any atom is 0.0755 e. The van der Waals surface area contributed by atoms with Crippen LogP contribution in [0.4, 0.5) is 11.4 Å². The molecule has 0 aliphatic heterocycles. The molecule has 0 unspecified atom stereocenters. The molecule has 2 rings (SSSR count). The lowest BCUT2D eigenvalue weighted by Gasteiger charge is -2.15. The first kappa shape index (κ1) is 13.1. The minimum Gasteiger partial charge on any atom is -0.301 e. The highest BCUT2D eigenvalue weighted by Crippen LogP contribution is 2.27. The first-order chi connectivity index (χ1) is 8.59. The highest BCUT2D eigenvalue weighted by Gasteiger charge is 2.05. The summed E-state index contributed by atoms with van der Waals surface area (Å²) in [7, 11) is 0. The van der Waals surface area contributed by atoms with Crippen LogP contribution < -0.4 is 10.9 Å². The van der Waals surface area contributed by atoms with E-state index in [1.807, 2.05) is 50.2 Å². The molecule has 4 heteroatoms. The van der Waals surface area contributed by atoms with Crippen molar-refractivity contribution in [3.8, 4) is 0 Å². The zero-order valence-electron chi connectivity index (χ0n) is 10.2. The van der Waals surface area contributed by atoms with E-state index in [0.717, 1.165) is 27.5 Å². The number of nitrogens with one attached hydrogen (secondary N) is 2. The van der Waals surface area contributed by atoms with Crippen molar-refractivity contribution in [2.24, 2.45) is 0 Å². The van der Waals surface area contributed by atoms with Crippen molar-refractivity contribution in [3.05, 3.63) is 57.6 Å². The zero-order chi connectivity index (χ0) is 13.1. The number of benzene rings is 2. The predicted octanol–water partition coefficient (Wildman–Crippen LogP) is 5.05. The van der Waals surface area contributed by atoms with E-state index in [1.165, 1.54) is 0 Å². The fraction of sp³-hybridized carbons (Fsp3) is 0.143. The smallest absolute Gasteiger partial charge is 0.0755 e. The Morgan fingerprint density at radius 1 is 0.833 bits per heavy atom. The van der Waals surface area contributed by atoms with Crippen LogP contribution in [0.5, 0.6) is 0 Å².